The van der Waals surface area contributed by atoms with Crippen molar-refractivity contribution >= 4 is 0 Å². The lowest BCUT2D eigenvalue weighted by molar-refractivity contribution is 0.549. The molecule has 20 heavy (non-hydrogen) atoms. The normalized spacial score (nSPS) is 10.8. The molecule has 0 unspecified atom stereocenters. The molecule has 0 aromatic heterocycles. The molecule has 1 N–H and O–H groups in total. The van der Waals surface area contributed by atoms with Crippen molar-refractivity contribution in [1.29, 1.82) is 0 Å². The minimum Gasteiger partial charge on any atom is -0.316 e. The van der Waals surface area contributed by atoms with Gasteiger partial charge < -0.3 is 5.32 Å². The van der Waals surface area contributed by atoms with Gasteiger partial charge in [-0.15, -0.1) is 0 Å². The van der Waals surface area contributed by atoms with Crippen molar-refractivity contribution in [2.24, 2.45) is 0 Å². The first-order valence-corrected chi connectivity index (χ1v) is 8.68. The minimum absolute atomic E-state index is 1.11. The lowest BCUT2D eigenvalue weighted by Gasteiger charge is -2.05. The van der Waals surface area contributed by atoms with E-state index in [1.807, 2.05) is 0 Å². The zero-order chi connectivity index (χ0) is 14.3. The Labute approximate surface area is 126 Å². The van der Waals surface area contributed by atoms with E-state index in [0.717, 1.165) is 13.0 Å². The molecule has 0 amide bonds. The Hall–Kier alpha value is -0.820. The van der Waals surface area contributed by atoms with Crippen molar-refractivity contribution < 1.29 is 0 Å². The van der Waals surface area contributed by atoms with Crippen LogP contribution >= 0.6 is 0 Å². The van der Waals surface area contributed by atoms with Crippen molar-refractivity contribution in [2.75, 3.05) is 13.1 Å². The second-order valence-electron chi connectivity index (χ2n) is 5.81. The molecule has 0 spiro atoms. The minimum atomic E-state index is 1.11. The number of unbranched alkanes of at least 4 members (excludes halogenated alkanes) is 8. The molecular weight excluding hydrogens is 242 g/mol. The fraction of sp³-hybridized carbons (Fsp3) is 0.684. The highest BCUT2D eigenvalue weighted by atomic mass is 14.8. The molecule has 0 heterocycles. The Morgan fingerprint density at radius 3 is 1.95 bits per heavy atom. The summed E-state index contributed by atoms with van der Waals surface area (Å²) in [7, 11) is 0. The number of rotatable bonds is 13. The Kier molecular flexibility index (Phi) is 11.4. The first-order valence-electron chi connectivity index (χ1n) is 8.68. The van der Waals surface area contributed by atoms with Gasteiger partial charge in [-0.05, 0) is 31.5 Å². The van der Waals surface area contributed by atoms with Gasteiger partial charge in [-0.1, -0.05) is 88.6 Å². The Morgan fingerprint density at radius 1 is 0.700 bits per heavy atom. The van der Waals surface area contributed by atoms with Crippen molar-refractivity contribution in [2.45, 2.75) is 71.1 Å². The van der Waals surface area contributed by atoms with E-state index in [1.54, 1.807) is 0 Å². The lowest BCUT2D eigenvalue weighted by atomic mass is 10.1. The molecular formula is C19H33N. The fourth-order valence-corrected chi connectivity index (χ4v) is 2.56. The molecule has 0 bridgehead atoms. The SMILES string of the molecule is CCCCCCCCCCCNCCc1ccccc1. The molecule has 0 saturated heterocycles. The van der Waals surface area contributed by atoms with Crippen molar-refractivity contribution in [3.8, 4) is 0 Å². The molecule has 1 nitrogen and oxygen atoms in total. The average molecular weight is 275 g/mol. The van der Waals surface area contributed by atoms with E-state index in [1.165, 1.54) is 69.9 Å². The highest BCUT2D eigenvalue weighted by Gasteiger charge is 1.93. The third-order valence-corrected chi connectivity index (χ3v) is 3.89. The van der Waals surface area contributed by atoms with Gasteiger partial charge in [0.2, 0.25) is 0 Å². The third kappa shape index (κ3) is 10.0. The summed E-state index contributed by atoms with van der Waals surface area (Å²) < 4.78 is 0. The number of hydrogen-bond acceptors (Lipinski definition) is 1. The predicted molar refractivity (Wildman–Crippen MR) is 90.2 cm³/mol. The van der Waals surface area contributed by atoms with Crippen LogP contribution in [0.2, 0.25) is 0 Å². The topological polar surface area (TPSA) is 12.0 Å². The summed E-state index contributed by atoms with van der Waals surface area (Å²) in [5.41, 5.74) is 1.44. The molecule has 0 fully saturated rings. The van der Waals surface area contributed by atoms with Crippen LogP contribution in [0.5, 0.6) is 0 Å². The summed E-state index contributed by atoms with van der Waals surface area (Å²) in [5.74, 6) is 0. The summed E-state index contributed by atoms with van der Waals surface area (Å²) >= 11 is 0. The van der Waals surface area contributed by atoms with Gasteiger partial charge in [0.25, 0.3) is 0 Å². The maximum atomic E-state index is 3.55. The Morgan fingerprint density at radius 2 is 1.30 bits per heavy atom. The van der Waals surface area contributed by atoms with E-state index in [4.69, 9.17) is 0 Å². The molecule has 1 aromatic carbocycles. The van der Waals surface area contributed by atoms with E-state index in [9.17, 15) is 0 Å². The first-order chi connectivity index (χ1) is 9.93. The van der Waals surface area contributed by atoms with Crippen molar-refractivity contribution in [3.63, 3.8) is 0 Å². The fourth-order valence-electron chi connectivity index (χ4n) is 2.56. The van der Waals surface area contributed by atoms with Crippen LogP contribution in [0.3, 0.4) is 0 Å². The second kappa shape index (κ2) is 13.2. The summed E-state index contributed by atoms with van der Waals surface area (Å²) in [4.78, 5) is 0. The first kappa shape index (κ1) is 17.2. The maximum Gasteiger partial charge on any atom is -0.000835 e. The highest BCUT2D eigenvalue weighted by molar-refractivity contribution is 5.14. The summed E-state index contributed by atoms with van der Waals surface area (Å²) in [5, 5.41) is 3.55. The molecule has 0 aliphatic heterocycles. The van der Waals surface area contributed by atoms with Crippen LogP contribution in [0.4, 0.5) is 0 Å². The second-order valence-corrected chi connectivity index (χ2v) is 5.81. The zero-order valence-corrected chi connectivity index (χ0v) is 13.4. The zero-order valence-electron chi connectivity index (χ0n) is 13.4. The van der Waals surface area contributed by atoms with Crippen molar-refractivity contribution in [3.05, 3.63) is 35.9 Å². The third-order valence-electron chi connectivity index (χ3n) is 3.89. The summed E-state index contributed by atoms with van der Waals surface area (Å²) in [6.07, 6.45) is 13.9. The van der Waals surface area contributed by atoms with Crippen LogP contribution in [0, 0.1) is 0 Å². The van der Waals surface area contributed by atoms with Gasteiger partial charge in [0.1, 0.15) is 0 Å². The molecule has 0 aliphatic rings. The molecule has 0 saturated carbocycles. The van der Waals surface area contributed by atoms with Crippen LogP contribution < -0.4 is 5.32 Å². The standard InChI is InChI=1S/C19H33N/c1-2-3-4-5-6-7-8-9-13-17-20-18-16-19-14-11-10-12-15-19/h10-12,14-15,20H,2-9,13,16-18H2,1H3. The molecule has 1 rings (SSSR count). The molecule has 0 radical (unpaired) electrons. The van der Waals surface area contributed by atoms with Crippen LogP contribution in [-0.4, -0.2) is 13.1 Å². The Bertz CT molecular complexity index is 294. The van der Waals surface area contributed by atoms with Gasteiger partial charge in [-0.25, -0.2) is 0 Å². The van der Waals surface area contributed by atoms with Gasteiger partial charge >= 0.3 is 0 Å². The smallest absolute Gasteiger partial charge is 0.000835 e. The molecule has 0 aliphatic carbocycles. The summed E-state index contributed by atoms with van der Waals surface area (Å²) in [6.45, 7) is 4.58. The van der Waals surface area contributed by atoms with Crippen LogP contribution in [0.15, 0.2) is 30.3 Å². The van der Waals surface area contributed by atoms with E-state index < -0.39 is 0 Å². The number of benzene rings is 1. The highest BCUT2D eigenvalue weighted by Crippen LogP contribution is 2.09. The average Bonchev–Trinajstić information content (AvgIpc) is 2.49. The van der Waals surface area contributed by atoms with Crippen LogP contribution in [0.25, 0.3) is 0 Å². The van der Waals surface area contributed by atoms with E-state index in [-0.39, 0.29) is 0 Å². The van der Waals surface area contributed by atoms with Crippen LogP contribution in [-0.2, 0) is 6.42 Å². The van der Waals surface area contributed by atoms with E-state index >= 15 is 0 Å². The molecule has 1 aromatic rings. The van der Waals surface area contributed by atoms with Gasteiger partial charge in [0.05, 0.1) is 0 Å². The quantitative estimate of drug-likeness (QED) is 0.478. The largest absolute Gasteiger partial charge is 0.316 e. The Balaban J connectivity index is 1.77. The predicted octanol–water partition coefficient (Wildman–Crippen LogP) is 5.35. The van der Waals surface area contributed by atoms with Gasteiger partial charge in [0.15, 0.2) is 0 Å². The molecule has 114 valence electrons. The van der Waals surface area contributed by atoms with Gasteiger partial charge in [0, 0.05) is 0 Å². The van der Waals surface area contributed by atoms with Gasteiger partial charge in [-0.3, -0.25) is 0 Å². The summed E-state index contributed by atoms with van der Waals surface area (Å²) in [6, 6.07) is 10.7. The maximum absolute atomic E-state index is 3.55. The monoisotopic (exact) mass is 275 g/mol. The van der Waals surface area contributed by atoms with Crippen LogP contribution in [0.1, 0.15) is 70.3 Å². The van der Waals surface area contributed by atoms with Crippen molar-refractivity contribution in [1.82, 2.24) is 5.32 Å². The lowest BCUT2D eigenvalue weighted by Crippen LogP contribution is -2.18. The van der Waals surface area contributed by atoms with E-state index in [0.29, 0.717) is 0 Å². The van der Waals surface area contributed by atoms with Gasteiger partial charge in [-0.2, -0.15) is 0 Å². The number of hydrogen-bond donors (Lipinski definition) is 1. The van der Waals surface area contributed by atoms with E-state index in [2.05, 4.69) is 42.6 Å². The molecule has 1 heteroatoms. The molecule has 0 atom stereocenters. The number of nitrogens with one attached hydrogen (secondary N) is 1.